The van der Waals surface area contributed by atoms with Crippen molar-refractivity contribution in [3.8, 4) is 11.5 Å². The van der Waals surface area contributed by atoms with Crippen molar-refractivity contribution >= 4 is 34.9 Å². The largest absolute Gasteiger partial charge is 0.493 e. The molecule has 1 N–H and O–H groups in total. The van der Waals surface area contributed by atoms with Crippen LogP contribution in [-0.4, -0.2) is 67.8 Å². The molecule has 0 unspecified atom stereocenters. The zero-order valence-corrected chi connectivity index (χ0v) is 20.6. The van der Waals surface area contributed by atoms with Crippen LogP contribution in [0.2, 0.25) is 0 Å². The highest BCUT2D eigenvalue weighted by molar-refractivity contribution is 8.18. The number of imide groups is 1. The fourth-order valence-electron chi connectivity index (χ4n) is 3.53. The molecule has 0 saturated carbocycles. The molecule has 1 saturated heterocycles. The van der Waals surface area contributed by atoms with Gasteiger partial charge in [-0.25, -0.2) is 0 Å². The Kier molecular flexibility index (Phi) is 8.72. The number of amides is 3. The van der Waals surface area contributed by atoms with E-state index < -0.39 is 0 Å². The predicted octanol–water partition coefficient (Wildman–Crippen LogP) is 3.30. The number of carbonyl (C=O) groups is 3. The fourth-order valence-corrected chi connectivity index (χ4v) is 4.39. The summed E-state index contributed by atoms with van der Waals surface area (Å²) >= 11 is 0.878. The summed E-state index contributed by atoms with van der Waals surface area (Å²) in [6.07, 6.45) is 1.64. The van der Waals surface area contributed by atoms with Crippen LogP contribution in [0.15, 0.2) is 47.4 Å². The molecule has 3 rings (SSSR count). The molecule has 3 amide bonds. The molecule has 0 aromatic heterocycles. The SMILES string of the molecule is COc1ccc(/C=C2\SC(=O)N(CCNC(=O)CN(C)Cc3ccccc3C)C2=O)cc1OC. The summed E-state index contributed by atoms with van der Waals surface area (Å²) in [7, 11) is 4.95. The quantitative estimate of drug-likeness (QED) is 0.519. The topological polar surface area (TPSA) is 88.2 Å². The van der Waals surface area contributed by atoms with E-state index in [9.17, 15) is 14.4 Å². The number of likely N-dealkylation sites (N-methyl/N-ethyl adjacent to an activating group) is 1. The minimum Gasteiger partial charge on any atom is -0.493 e. The van der Waals surface area contributed by atoms with Gasteiger partial charge in [-0.1, -0.05) is 30.3 Å². The third kappa shape index (κ3) is 6.39. The standard InChI is InChI=1S/C25H29N3O5S/c1-17-7-5-6-8-19(17)15-27(2)16-23(29)26-11-12-28-24(30)22(34-25(28)31)14-18-9-10-20(32-3)21(13-18)33-4/h5-10,13-14H,11-12,15-16H2,1-4H3,(H,26,29)/b22-14-. The van der Waals surface area contributed by atoms with Crippen molar-refractivity contribution in [2.45, 2.75) is 13.5 Å². The molecular formula is C25H29N3O5S. The van der Waals surface area contributed by atoms with Gasteiger partial charge in [0.1, 0.15) is 0 Å². The Morgan fingerprint density at radius 3 is 2.56 bits per heavy atom. The second-order valence-electron chi connectivity index (χ2n) is 7.90. The molecule has 180 valence electrons. The molecule has 9 heteroatoms. The Hall–Kier alpha value is -3.30. The van der Waals surface area contributed by atoms with Gasteiger partial charge in [-0.15, -0.1) is 0 Å². The van der Waals surface area contributed by atoms with Gasteiger partial charge in [0.05, 0.1) is 25.7 Å². The van der Waals surface area contributed by atoms with E-state index in [1.807, 2.05) is 43.1 Å². The van der Waals surface area contributed by atoms with Gasteiger partial charge in [-0.2, -0.15) is 0 Å². The highest BCUT2D eigenvalue weighted by atomic mass is 32.2. The molecule has 2 aromatic rings. The minimum absolute atomic E-state index is 0.112. The minimum atomic E-state index is -0.379. The zero-order valence-electron chi connectivity index (χ0n) is 19.8. The van der Waals surface area contributed by atoms with Crippen molar-refractivity contribution in [2.75, 3.05) is 40.9 Å². The number of rotatable bonds is 10. The lowest BCUT2D eigenvalue weighted by Gasteiger charge is -2.18. The first-order valence-electron chi connectivity index (χ1n) is 10.8. The molecule has 1 heterocycles. The van der Waals surface area contributed by atoms with E-state index in [4.69, 9.17) is 9.47 Å². The van der Waals surface area contributed by atoms with Crippen LogP contribution in [0.1, 0.15) is 16.7 Å². The lowest BCUT2D eigenvalue weighted by molar-refractivity contribution is -0.124. The van der Waals surface area contributed by atoms with Crippen LogP contribution < -0.4 is 14.8 Å². The number of nitrogens with one attached hydrogen (secondary N) is 1. The van der Waals surface area contributed by atoms with Crippen molar-refractivity contribution in [1.82, 2.24) is 15.1 Å². The van der Waals surface area contributed by atoms with E-state index in [1.165, 1.54) is 12.7 Å². The van der Waals surface area contributed by atoms with Crippen LogP contribution >= 0.6 is 11.8 Å². The van der Waals surface area contributed by atoms with E-state index in [1.54, 1.807) is 31.4 Å². The Morgan fingerprint density at radius 2 is 1.85 bits per heavy atom. The molecule has 0 atom stereocenters. The van der Waals surface area contributed by atoms with Gasteiger partial charge in [0.15, 0.2) is 11.5 Å². The van der Waals surface area contributed by atoms with E-state index in [0.29, 0.717) is 28.5 Å². The van der Waals surface area contributed by atoms with Crippen molar-refractivity contribution in [2.24, 2.45) is 0 Å². The molecule has 1 aliphatic heterocycles. The summed E-state index contributed by atoms with van der Waals surface area (Å²) in [6, 6.07) is 13.3. The summed E-state index contributed by atoms with van der Waals surface area (Å²) in [5.74, 6) is 0.568. The highest BCUT2D eigenvalue weighted by Crippen LogP contribution is 2.34. The summed E-state index contributed by atoms with van der Waals surface area (Å²) in [6.45, 7) is 3.22. The third-order valence-corrected chi connectivity index (χ3v) is 6.26. The number of nitrogens with zero attached hydrogens (tertiary/aromatic N) is 2. The molecule has 8 nitrogen and oxygen atoms in total. The molecule has 34 heavy (non-hydrogen) atoms. The summed E-state index contributed by atoms with van der Waals surface area (Å²) < 4.78 is 10.5. The van der Waals surface area contributed by atoms with E-state index in [-0.39, 0.29) is 36.7 Å². The average molecular weight is 484 g/mol. The fraction of sp³-hybridized carbons (Fsp3) is 0.320. The molecule has 0 aliphatic carbocycles. The van der Waals surface area contributed by atoms with Crippen LogP contribution in [0.3, 0.4) is 0 Å². The first-order chi connectivity index (χ1) is 16.3. The third-order valence-electron chi connectivity index (χ3n) is 5.35. The van der Waals surface area contributed by atoms with Crippen molar-refractivity contribution in [3.05, 3.63) is 64.1 Å². The number of methoxy groups -OCH3 is 2. The molecule has 0 bridgehead atoms. The summed E-state index contributed by atoms with van der Waals surface area (Å²) in [5, 5.41) is 2.43. The Bertz CT molecular complexity index is 1100. The number of hydrogen-bond donors (Lipinski definition) is 1. The van der Waals surface area contributed by atoms with Crippen LogP contribution in [0.4, 0.5) is 4.79 Å². The normalized spacial score (nSPS) is 14.7. The lowest BCUT2D eigenvalue weighted by atomic mass is 10.1. The number of aryl methyl sites for hydroxylation is 1. The number of benzene rings is 2. The van der Waals surface area contributed by atoms with Gasteiger partial charge in [0.2, 0.25) is 5.91 Å². The first-order valence-corrected chi connectivity index (χ1v) is 11.6. The van der Waals surface area contributed by atoms with Crippen LogP contribution in [0.25, 0.3) is 6.08 Å². The zero-order chi connectivity index (χ0) is 24.7. The maximum absolute atomic E-state index is 12.7. The van der Waals surface area contributed by atoms with E-state index in [2.05, 4.69) is 5.32 Å². The Morgan fingerprint density at radius 1 is 1.12 bits per heavy atom. The first kappa shape index (κ1) is 25.3. The molecule has 2 aromatic carbocycles. The summed E-state index contributed by atoms with van der Waals surface area (Å²) in [4.78, 5) is 40.8. The van der Waals surface area contributed by atoms with Crippen molar-refractivity contribution in [1.29, 1.82) is 0 Å². The molecule has 1 aliphatic rings. The second kappa shape index (κ2) is 11.7. The Labute approximate surface area is 203 Å². The van der Waals surface area contributed by atoms with Crippen molar-refractivity contribution in [3.63, 3.8) is 0 Å². The van der Waals surface area contributed by atoms with E-state index in [0.717, 1.165) is 22.2 Å². The second-order valence-corrected chi connectivity index (χ2v) is 8.89. The summed E-state index contributed by atoms with van der Waals surface area (Å²) in [5.41, 5.74) is 3.06. The lowest BCUT2D eigenvalue weighted by Crippen LogP contribution is -2.40. The van der Waals surface area contributed by atoms with Gasteiger partial charge in [0.25, 0.3) is 11.1 Å². The van der Waals surface area contributed by atoms with Gasteiger partial charge in [-0.3, -0.25) is 24.2 Å². The van der Waals surface area contributed by atoms with Gasteiger partial charge in [0, 0.05) is 19.6 Å². The van der Waals surface area contributed by atoms with Crippen LogP contribution in [0.5, 0.6) is 11.5 Å². The Balaban J connectivity index is 1.51. The number of carbonyl (C=O) groups excluding carboxylic acids is 3. The van der Waals surface area contributed by atoms with Gasteiger partial charge < -0.3 is 14.8 Å². The predicted molar refractivity (Wildman–Crippen MR) is 133 cm³/mol. The highest BCUT2D eigenvalue weighted by Gasteiger charge is 2.34. The number of thioether (sulfide) groups is 1. The van der Waals surface area contributed by atoms with E-state index >= 15 is 0 Å². The van der Waals surface area contributed by atoms with Crippen LogP contribution in [0, 0.1) is 6.92 Å². The maximum Gasteiger partial charge on any atom is 0.293 e. The van der Waals surface area contributed by atoms with Crippen molar-refractivity contribution < 1.29 is 23.9 Å². The monoisotopic (exact) mass is 483 g/mol. The smallest absolute Gasteiger partial charge is 0.293 e. The van der Waals surface area contributed by atoms with Gasteiger partial charge >= 0.3 is 0 Å². The molecule has 1 fully saturated rings. The average Bonchev–Trinajstić information content (AvgIpc) is 3.07. The molecular weight excluding hydrogens is 454 g/mol. The number of hydrogen-bond acceptors (Lipinski definition) is 7. The number of ether oxygens (including phenoxy) is 2. The molecule has 0 spiro atoms. The maximum atomic E-state index is 12.7. The van der Waals surface area contributed by atoms with Gasteiger partial charge in [-0.05, 0) is 60.6 Å². The molecule has 0 radical (unpaired) electrons. The van der Waals surface area contributed by atoms with Crippen LogP contribution in [-0.2, 0) is 16.1 Å².